The van der Waals surface area contributed by atoms with Crippen molar-refractivity contribution in [2.75, 3.05) is 37.4 Å². The minimum Gasteiger partial charge on any atom is -0.385 e. The zero-order chi connectivity index (χ0) is 23.7. The molecule has 33 heavy (non-hydrogen) atoms. The van der Waals surface area contributed by atoms with Crippen molar-refractivity contribution < 1.29 is 8.42 Å². The van der Waals surface area contributed by atoms with Crippen LogP contribution in [0.15, 0.2) is 65.6 Å². The molecule has 0 aliphatic carbocycles. The summed E-state index contributed by atoms with van der Waals surface area (Å²) in [5, 5.41) is 5.14. The number of aryl methyl sites for hydroxylation is 1. The molecule has 0 aliphatic rings. The summed E-state index contributed by atoms with van der Waals surface area (Å²) in [5.74, 6) is 0. The maximum atomic E-state index is 13.0. The third kappa shape index (κ3) is 6.95. The highest BCUT2D eigenvalue weighted by Gasteiger charge is 2.17. The van der Waals surface area contributed by atoms with Gasteiger partial charge in [0.2, 0.25) is 10.0 Å². The van der Waals surface area contributed by atoms with Gasteiger partial charge in [0.25, 0.3) is 0 Å². The summed E-state index contributed by atoms with van der Waals surface area (Å²) in [6, 6.07) is 19.9. The lowest BCUT2D eigenvalue weighted by atomic mass is 10.1. The third-order valence-corrected chi connectivity index (χ3v) is 7.40. The zero-order valence-corrected chi connectivity index (χ0v) is 20.9. The summed E-state index contributed by atoms with van der Waals surface area (Å²) in [5.41, 5.74) is 3.54. The van der Waals surface area contributed by atoms with Gasteiger partial charge in [0, 0.05) is 49.3 Å². The monoisotopic (exact) mass is 467 g/mol. The molecule has 0 spiro atoms. The molecule has 0 fully saturated rings. The van der Waals surface area contributed by atoms with E-state index in [4.69, 9.17) is 0 Å². The molecule has 0 aromatic heterocycles. The first kappa shape index (κ1) is 25.1. The Morgan fingerprint density at radius 1 is 0.788 bits per heavy atom. The molecule has 0 amide bonds. The van der Waals surface area contributed by atoms with Gasteiger partial charge in [0.05, 0.1) is 4.90 Å². The number of fused-ring (bicyclic) bond motifs is 1. The Hall–Kier alpha value is -2.57. The van der Waals surface area contributed by atoms with Gasteiger partial charge in [-0.25, -0.2) is 13.1 Å². The van der Waals surface area contributed by atoms with Crippen LogP contribution in [0, 0.1) is 0 Å². The van der Waals surface area contributed by atoms with E-state index in [0.29, 0.717) is 11.4 Å². The molecular formula is C27H37N3O2S. The molecule has 2 N–H and O–H groups in total. The summed E-state index contributed by atoms with van der Waals surface area (Å²) in [6.07, 6.45) is 6.36. The van der Waals surface area contributed by atoms with Gasteiger partial charge in [0.15, 0.2) is 0 Å². The Kier molecular flexibility index (Phi) is 9.15. The van der Waals surface area contributed by atoms with Gasteiger partial charge in [-0.3, -0.25) is 0 Å². The molecule has 3 aromatic rings. The molecule has 0 unspecified atom stereocenters. The topological polar surface area (TPSA) is 61.4 Å². The highest BCUT2D eigenvalue weighted by molar-refractivity contribution is 7.89. The summed E-state index contributed by atoms with van der Waals surface area (Å²) >= 11 is 0. The maximum Gasteiger partial charge on any atom is 0.241 e. The van der Waals surface area contributed by atoms with Crippen molar-refractivity contribution in [2.24, 2.45) is 0 Å². The predicted octanol–water partition coefficient (Wildman–Crippen LogP) is 5.81. The van der Waals surface area contributed by atoms with Crippen LogP contribution in [0.4, 0.5) is 11.4 Å². The fraction of sp³-hybridized carbons (Fsp3) is 0.407. The van der Waals surface area contributed by atoms with Crippen molar-refractivity contribution >= 4 is 32.2 Å². The minimum atomic E-state index is -3.56. The van der Waals surface area contributed by atoms with E-state index in [1.54, 1.807) is 6.07 Å². The number of benzene rings is 3. The second-order valence-electron chi connectivity index (χ2n) is 8.71. The number of unbranched alkanes of at least 4 members (excludes halogenated alkanes) is 3. The summed E-state index contributed by atoms with van der Waals surface area (Å²) in [7, 11) is 0.368. The van der Waals surface area contributed by atoms with E-state index >= 15 is 0 Å². The quantitative estimate of drug-likeness (QED) is 0.312. The van der Waals surface area contributed by atoms with E-state index in [9.17, 15) is 8.42 Å². The average molecular weight is 468 g/mol. The van der Waals surface area contributed by atoms with Crippen LogP contribution in [0.2, 0.25) is 0 Å². The van der Waals surface area contributed by atoms with Gasteiger partial charge in [-0.05, 0) is 55.5 Å². The first-order valence-electron chi connectivity index (χ1n) is 11.9. The predicted molar refractivity (Wildman–Crippen MR) is 141 cm³/mol. The average Bonchev–Trinajstić information content (AvgIpc) is 2.82. The van der Waals surface area contributed by atoms with E-state index < -0.39 is 10.0 Å². The second-order valence-corrected chi connectivity index (χ2v) is 10.4. The van der Waals surface area contributed by atoms with Crippen LogP contribution in [0.5, 0.6) is 0 Å². The lowest BCUT2D eigenvalue weighted by Gasteiger charge is -2.17. The van der Waals surface area contributed by atoms with Gasteiger partial charge in [0.1, 0.15) is 0 Å². The SMILES string of the molecule is CCCCc1ccc(NCCCCCNS(=O)(=O)c2cccc3c(N(C)C)cccc23)cc1. The van der Waals surface area contributed by atoms with Crippen molar-refractivity contribution in [3.8, 4) is 0 Å². The van der Waals surface area contributed by atoms with Crippen LogP contribution in [0.25, 0.3) is 10.8 Å². The number of anilines is 2. The molecule has 0 aliphatic heterocycles. The summed E-state index contributed by atoms with van der Waals surface area (Å²) in [6.45, 7) is 3.54. The molecule has 0 radical (unpaired) electrons. The van der Waals surface area contributed by atoms with Crippen molar-refractivity contribution in [1.82, 2.24) is 4.72 Å². The highest BCUT2D eigenvalue weighted by Crippen LogP contribution is 2.30. The molecule has 6 heteroatoms. The van der Waals surface area contributed by atoms with E-state index in [2.05, 4.69) is 41.2 Å². The molecule has 0 saturated carbocycles. The number of sulfonamides is 1. The van der Waals surface area contributed by atoms with Crippen LogP contribution < -0.4 is 14.9 Å². The Labute approximate surface area is 199 Å². The molecule has 0 atom stereocenters. The van der Waals surface area contributed by atoms with Crippen molar-refractivity contribution in [2.45, 2.75) is 50.3 Å². The lowest BCUT2D eigenvalue weighted by molar-refractivity contribution is 0.576. The van der Waals surface area contributed by atoms with Gasteiger partial charge in [-0.1, -0.05) is 56.2 Å². The molecule has 5 nitrogen and oxygen atoms in total. The normalized spacial score (nSPS) is 11.6. The first-order valence-corrected chi connectivity index (χ1v) is 13.4. The van der Waals surface area contributed by atoms with E-state index in [0.717, 1.165) is 54.4 Å². The van der Waals surface area contributed by atoms with Gasteiger partial charge >= 0.3 is 0 Å². The second kappa shape index (κ2) is 12.1. The Bertz CT molecular complexity index is 1130. The number of rotatable bonds is 13. The summed E-state index contributed by atoms with van der Waals surface area (Å²) < 4.78 is 28.7. The molecule has 0 heterocycles. The summed E-state index contributed by atoms with van der Waals surface area (Å²) in [4.78, 5) is 2.34. The fourth-order valence-corrected chi connectivity index (χ4v) is 5.30. The van der Waals surface area contributed by atoms with Gasteiger partial charge in [-0.15, -0.1) is 0 Å². The van der Waals surface area contributed by atoms with Crippen molar-refractivity contribution in [3.63, 3.8) is 0 Å². The first-order chi connectivity index (χ1) is 15.9. The van der Waals surface area contributed by atoms with Crippen molar-refractivity contribution in [3.05, 3.63) is 66.2 Å². The number of hydrogen-bond donors (Lipinski definition) is 2. The zero-order valence-electron chi connectivity index (χ0n) is 20.1. The molecule has 0 saturated heterocycles. The standard InChI is InChI=1S/C27H37N3O2S/c1-4-5-11-22-16-18-23(19-17-22)28-20-7-6-8-21-29-33(31,32)27-15-10-12-24-25(27)13-9-14-26(24)30(2)3/h9-10,12-19,28-29H,4-8,11,20-21H2,1-3H3. The van der Waals surface area contributed by atoms with Gasteiger partial charge < -0.3 is 10.2 Å². The van der Waals surface area contributed by atoms with Crippen LogP contribution in [-0.2, 0) is 16.4 Å². The van der Waals surface area contributed by atoms with Crippen LogP contribution in [-0.4, -0.2) is 35.6 Å². The van der Waals surface area contributed by atoms with E-state index in [1.165, 1.54) is 18.4 Å². The van der Waals surface area contributed by atoms with E-state index in [-0.39, 0.29) is 0 Å². The molecule has 3 rings (SSSR count). The highest BCUT2D eigenvalue weighted by atomic mass is 32.2. The smallest absolute Gasteiger partial charge is 0.241 e. The van der Waals surface area contributed by atoms with Crippen LogP contribution in [0.1, 0.15) is 44.6 Å². The number of nitrogens with one attached hydrogen (secondary N) is 2. The Morgan fingerprint density at radius 2 is 1.48 bits per heavy atom. The minimum absolute atomic E-state index is 0.341. The number of hydrogen-bond acceptors (Lipinski definition) is 4. The molecule has 178 valence electrons. The molecule has 0 bridgehead atoms. The Balaban J connectivity index is 1.45. The van der Waals surface area contributed by atoms with E-state index in [1.807, 2.05) is 49.3 Å². The molecule has 3 aromatic carbocycles. The Morgan fingerprint density at radius 3 is 2.21 bits per heavy atom. The fourth-order valence-electron chi connectivity index (χ4n) is 4.00. The van der Waals surface area contributed by atoms with Gasteiger partial charge in [-0.2, -0.15) is 0 Å². The van der Waals surface area contributed by atoms with Crippen LogP contribution in [0.3, 0.4) is 0 Å². The van der Waals surface area contributed by atoms with Crippen LogP contribution >= 0.6 is 0 Å². The molecular weight excluding hydrogens is 430 g/mol. The van der Waals surface area contributed by atoms with Crippen molar-refractivity contribution in [1.29, 1.82) is 0 Å². The number of nitrogens with zero attached hydrogens (tertiary/aromatic N) is 1. The largest absolute Gasteiger partial charge is 0.385 e. The third-order valence-electron chi connectivity index (χ3n) is 5.88. The maximum absolute atomic E-state index is 13.0. The lowest BCUT2D eigenvalue weighted by Crippen LogP contribution is -2.25.